The molecule has 0 aliphatic carbocycles. The van der Waals surface area contributed by atoms with Gasteiger partial charge in [-0.25, -0.2) is 15.0 Å². The van der Waals surface area contributed by atoms with Crippen LogP contribution in [0, 0.1) is 21.7 Å². The van der Waals surface area contributed by atoms with Gasteiger partial charge < -0.3 is 15.7 Å². The second-order valence-corrected chi connectivity index (χ2v) is 5.16. The fourth-order valence-corrected chi connectivity index (χ4v) is 2.09. The molecule has 1 aromatic carbocycles. The van der Waals surface area contributed by atoms with E-state index in [1.165, 1.54) is 24.4 Å². The van der Waals surface area contributed by atoms with E-state index in [2.05, 4.69) is 15.8 Å². The molecule has 1 heterocycles. The molecule has 4 N–H and O–H groups in total. The smallest absolute Gasteiger partial charge is 0.385 e. The van der Waals surface area contributed by atoms with Crippen LogP contribution in [0.25, 0.3) is 11.0 Å². The van der Waals surface area contributed by atoms with Crippen molar-refractivity contribution in [3.63, 3.8) is 0 Å². The maximum Gasteiger partial charge on any atom is 0.385 e. The highest BCUT2D eigenvalue weighted by Gasteiger charge is 2.23. The van der Waals surface area contributed by atoms with Crippen molar-refractivity contribution in [3.05, 3.63) is 39.9 Å². The van der Waals surface area contributed by atoms with Crippen LogP contribution in [0.1, 0.15) is 31.0 Å². The third kappa shape index (κ3) is 3.84. The summed E-state index contributed by atoms with van der Waals surface area (Å²) in [5.74, 6) is -0.479. The van der Waals surface area contributed by atoms with Crippen molar-refractivity contribution >= 4 is 29.1 Å². The normalized spacial score (nSPS) is 10.7. The molecule has 0 aliphatic rings. The number of aromatic nitrogens is 2. The van der Waals surface area contributed by atoms with Crippen molar-refractivity contribution in [1.82, 2.24) is 10.7 Å². The summed E-state index contributed by atoms with van der Waals surface area (Å²) in [6.07, 6.45) is 3.15. The summed E-state index contributed by atoms with van der Waals surface area (Å²) in [6.45, 7) is 2.56. The van der Waals surface area contributed by atoms with E-state index in [9.17, 15) is 15.2 Å². The molecule has 0 spiro atoms. The van der Waals surface area contributed by atoms with Crippen LogP contribution in [0.2, 0.25) is 0 Å². The van der Waals surface area contributed by atoms with Crippen LogP contribution in [0.15, 0.2) is 23.3 Å². The number of amides is 2. The lowest BCUT2D eigenvalue weighted by molar-refractivity contribution is -0.620. The summed E-state index contributed by atoms with van der Waals surface area (Å²) in [5.41, 5.74) is 7.81. The lowest BCUT2D eigenvalue weighted by Crippen LogP contribution is -2.43. The van der Waals surface area contributed by atoms with Gasteiger partial charge >= 0.3 is 17.5 Å². The minimum atomic E-state index is -0.479. The molecule has 0 radical (unpaired) electrons. The topological polar surface area (TPSA) is 157 Å². The van der Waals surface area contributed by atoms with Gasteiger partial charge in [0, 0.05) is 18.7 Å². The number of unbranched alkanes of at least 4 members (excludes halogenated alkanes) is 1. The first kappa shape index (κ1) is 17.7. The highest BCUT2D eigenvalue weighted by atomic mass is 16.5. The van der Waals surface area contributed by atoms with Gasteiger partial charge in [0.05, 0.1) is 6.21 Å². The van der Waals surface area contributed by atoms with Crippen molar-refractivity contribution in [2.75, 3.05) is 12.3 Å². The number of hydrogen-bond donors (Lipinski definition) is 3. The Kier molecular flexibility index (Phi) is 5.52. The summed E-state index contributed by atoms with van der Waals surface area (Å²) in [6, 6.07) is 5.44. The van der Waals surface area contributed by atoms with E-state index in [1.54, 1.807) is 6.07 Å². The number of nitrogen functional groups attached to an aromatic ring is 1. The predicted octanol–water partition coefficient (Wildman–Crippen LogP) is -0.00632. The molecule has 2 aromatic rings. The van der Waals surface area contributed by atoms with E-state index in [0.29, 0.717) is 21.6 Å². The third-order valence-corrected chi connectivity index (χ3v) is 3.40. The summed E-state index contributed by atoms with van der Waals surface area (Å²) in [4.78, 5) is 11.5. The number of hydrogen-bond acceptors (Lipinski definition) is 6. The van der Waals surface area contributed by atoms with Crippen LogP contribution in [-0.4, -0.2) is 18.8 Å². The minimum absolute atomic E-state index is 0.00293. The average Bonchev–Trinajstić information content (AvgIpc) is 2.60. The van der Waals surface area contributed by atoms with Gasteiger partial charge in [-0.1, -0.05) is 13.3 Å². The van der Waals surface area contributed by atoms with Crippen molar-refractivity contribution in [1.29, 1.82) is 5.26 Å². The number of fused-ring (bicyclic) bond motifs is 1. The van der Waals surface area contributed by atoms with Crippen LogP contribution < -0.4 is 25.9 Å². The Morgan fingerprint density at radius 2 is 2.16 bits per heavy atom. The monoisotopic (exact) mass is 343 g/mol. The number of rotatable bonds is 5. The molecule has 0 unspecified atom stereocenters. The van der Waals surface area contributed by atoms with Gasteiger partial charge in [0.25, 0.3) is 5.52 Å². The quantitative estimate of drug-likeness (QED) is 0.229. The van der Waals surface area contributed by atoms with Gasteiger partial charge in [-0.3, -0.25) is 5.73 Å². The molecule has 1 aromatic heterocycles. The van der Waals surface area contributed by atoms with E-state index in [-0.39, 0.29) is 11.0 Å². The van der Waals surface area contributed by atoms with E-state index in [4.69, 9.17) is 11.0 Å². The third-order valence-electron chi connectivity index (χ3n) is 3.40. The molecule has 0 saturated heterocycles. The summed E-state index contributed by atoms with van der Waals surface area (Å²) in [7, 11) is 0. The van der Waals surface area contributed by atoms with Gasteiger partial charge in [0.2, 0.25) is 5.52 Å². The first-order chi connectivity index (χ1) is 12.0. The first-order valence-electron chi connectivity index (χ1n) is 7.55. The Hall–Kier alpha value is -3.61. The zero-order chi connectivity index (χ0) is 18.4. The van der Waals surface area contributed by atoms with Crippen molar-refractivity contribution in [2.24, 2.45) is 5.10 Å². The molecule has 10 heteroatoms. The molecule has 0 atom stereocenters. The Morgan fingerprint density at radius 3 is 2.84 bits per heavy atom. The molecule has 25 heavy (non-hydrogen) atoms. The summed E-state index contributed by atoms with van der Waals surface area (Å²) in [5, 5.41) is 39.4. The van der Waals surface area contributed by atoms with E-state index in [0.717, 1.165) is 12.8 Å². The number of carbonyl (C=O) groups excluding carboxylic acids is 1. The largest absolute Gasteiger partial charge is 0.710 e. The molecule has 0 fully saturated rings. The lowest BCUT2D eigenvalue weighted by atomic mass is 10.2. The van der Waals surface area contributed by atoms with E-state index >= 15 is 0 Å². The highest BCUT2D eigenvalue weighted by Crippen LogP contribution is 2.11. The van der Waals surface area contributed by atoms with Crippen LogP contribution >= 0.6 is 0 Å². The van der Waals surface area contributed by atoms with Crippen LogP contribution in [-0.2, 0) is 0 Å². The number of nitrogens with one attached hydrogen (secondary N) is 2. The number of nitrogens with zero attached hydrogens (tertiary/aromatic N) is 4. The fourth-order valence-electron chi connectivity index (χ4n) is 2.09. The van der Waals surface area contributed by atoms with Gasteiger partial charge in [-0.15, -0.1) is 4.73 Å². The van der Waals surface area contributed by atoms with Crippen molar-refractivity contribution in [3.8, 4) is 6.07 Å². The van der Waals surface area contributed by atoms with Crippen molar-refractivity contribution < 1.29 is 14.3 Å². The summed E-state index contributed by atoms with van der Waals surface area (Å²) < 4.78 is 0.615. The SMILES string of the molecule is CCCCNC(=O)N/N=C/c1ccc2c(c1)[n+]([O-])c(N)c(C#N)[n+]2[O-]. The van der Waals surface area contributed by atoms with E-state index < -0.39 is 17.5 Å². The zero-order valence-corrected chi connectivity index (χ0v) is 13.5. The van der Waals surface area contributed by atoms with Gasteiger partial charge in [0.1, 0.15) is 0 Å². The number of anilines is 1. The Balaban J connectivity index is 2.22. The summed E-state index contributed by atoms with van der Waals surface area (Å²) >= 11 is 0. The molecule has 0 bridgehead atoms. The molecular formula is C15H17N7O3. The molecule has 10 nitrogen and oxygen atoms in total. The molecule has 2 amide bonds. The molecule has 130 valence electrons. The second kappa shape index (κ2) is 7.78. The molecule has 0 saturated carbocycles. The van der Waals surface area contributed by atoms with Gasteiger partial charge in [0.15, 0.2) is 6.07 Å². The van der Waals surface area contributed by atoms with Crippen LogP contribution in [0.5, 0.6) is 0 Å². The number of benzene rings is 1. The van der Waals surface area contributed by atoms with Crippen molar-refractivity contribution in [2.45, 2.75) is 19.8 Å². The Bertz CT molecular complexity index is 874. The number of nitrogens with two attached hydrogens (primary N) is 1. The van der Waals surface area contributed by atoms with Crippen LogP contribution in [0.4, 0.5) is 10.6 Å². The van der Waals surface area contributed by atoms with E-state index in [1.807, 2.05) is 6.92 Å². The fraction of sp³-hybridized carbons (Fsp3) is 0.267. The van der Waals surface area contributed by atoms with Gasteiger partial charge in [-0.05, 0) is 18.1 Å². The zero-order valence-electron chi connectivity index (χ0n) is 13.5. The average molecular weight is 343 g/mol. The number of carbonyl (C=O) groups is 1. The first-order valence-corrected chi connectivity index (χ1v) is 7.55. The maximum atomic E-state index is 12.1. The Morgan fingerprint density at radius 1 is 1.40 bits per heavy atom. The van der Waals surface area contributed by atoms with Crippen LogP contribution in [0.3, 0.4) is 0 Å². The predicted molar refractivity (Wildman–Crippen MR) is 90.0 cm³/mol. The highest BCUT2D eigenvalue weighted by molar-refractivity contribution is 5.86. The lowest BCUT2D eigenvalue weighted by Gasteiger charge is -2.10. The number of urea groups is 1. The molecular weight excluding hydrogens is 326 g/mol. The number of nitriles is 1. The van der Waals surface area contributed by atoms with Gasteiger partial charge in [-0.2, -0.15) is 10.4 Å². The molecule has 2 rings (SSSR count). The number of hydrazone groups is 1. The Labute approximate surface area is 143 Å². The standard InChI is InChI=1S/C15H17N7O3/c1-2-3-6-18-15(23)20-19-9-10-4-5-11-12(7-10)22(25)14(17)13(8-16)21(11)24/h4-5,7,9H,2-3,6,17H2,1H3,(H2,18,20,23)/b19-9+. The minimum Gasteiger partial charge on any atom is -0.710 e. The maximum absolute atomic E-state index is 12.1. The molecule has 0 aliphatic heterocycles. The second-order valence-electron chi connectivity index (χ2n) is 5.16.